The number of hydrogen-bond acceptors (Lipinski definition) is 3. The van der Waals surface area contributed by atoms with Gasteiger partial charge in [0.05, 0.1) is 0 Å². The highest BCUT2D eigenvalue weighted by Gasteiger charge is 2.43. The highest BCUT2D eigenvalue weighted by atomic mass is 19.4. The van der Waals surface area contributed by atoms with Crippen molar-refractivity contribution >= 4 is 17.9 Å². The third-order valence-corrected chi connectivity index (χ3v) is 2.09. The fourth-order valence-corrected chi connectivity index (χ4v) is 1.37. The summed E-state index contributed by atoms with van der Waals surface area (Å²) in [5, 5.41) is 10.4. The van der Waals surface area contributed by atoms with Crippen LogP contribution in [0.4, 0.5) is 18.0 Å². The van der Waals surface area contributed by atoms with Crippen LogP contribution >= 0.6 is 0 Å². The van der Waals surface area contributed by atoms with Gasteiger partial charge in [-0.2, -0.15) is 13.2 Å². The van der Waals surface area contributed by atoms with Crippen molar-refractivity contribution in [1.29, 1.82) is 0 Å². The molecule has 1 fully saturated rings. The number of hydrogen-bond donors (Lipinski definition) is 2. The molecule has 6 nitrogen and oxygen atoms in total. The van der Waals surface area contributed by atoms with Crippen LogP contribution in [-0.2, 0) is 9.59 Å². The largest absolute Gasteiger partial charge is 0.481 e. The van der Waals surface area contributed by atoms with E-state index in [4.69, 9.17) is 5.11 Å². The summed E-state index contributed by atoms with van der Waals surface area (Å²) in [7, 11) is 0. The van der Waals surface area contributed by atoms with Crippen LogP contribution in [0.2, 0.25) is 0 Å². The minimum Gasteiger partial charge on any atom is -0.481 e. The highest BCUT2D eigenvalue weighted by molar-refractivity contribution is 6.04. The van der Waals surface area contributed by atoms with E-state index in [1.807, 2.05) is 5.32 Å². The summed E-state index contributed by atoms with van der Waals surface area (Å²) >= 11 is 0. The van der Waals surface area contributed by atoms with Crippen LogP contribution in [0.5, 0.6) is 0 Å². The predicted molar refractivity (Wildman–Crippen MR) is 47.0 cm³/mol. The molecule has 1 unspecified atom stereocenters. The van der Waals surface area contributed by atoms with Crippen molar-refractivity contribution in [2.45, 2.75) is 25.1 Å². The lowest BCUT2D eigenvalue weighted by molar-refractivity contribution is -0.153. The van der Waals surface area contributed by atoms with E-state index in [2.05, 4.69) is 0 Å². The third-order valence-electron chi connectivity index (χ3n) is 2.09. The lowest BCUT2D eigenvalue weighted by atomic mass is 10.1. The smallest absolute Gasteiger partial charge is 0.406 e. The van der Waals surface area contributed by atoms with Crippen molar-refractivity contribution in [3.63, 3.8) is 0 Å². The number of nitrogens with zero attached hydrogens (tertiary/aromatic N) is 1. The van der Waals surface area contributed by atoms with Gasteiger partial charge in [-0.05, 0) is 6.42 Å². The minimum absolute atomic E-state index is 0.0342. The Hall–Kier alpha value is -1.80. The molecule has 0 aromatic heterocycles. The Labute approximate surface area is 93.4 Å². The molecule has 2 N–H and O–H groups in total. The Balaban J connectivity index is 2.62. The molecule has 1 heterocycles. The number of alkyl halides is 3. The fourth-order valence-electron chi connectivity index (χ4n) is 1.37. The number of aliphatic carboxylic acids is 1. The van der Waals surface area contributed by atoms with Crippen LogP contribution in [0.25, 0.3) is 0 Å². The van der Waals surface area contributed by atoms with Crippen molar-refractivity contribution in [2.24, 2.45) is 0 Å². The van der Waals surface area contributed by atoms with Crippen LogP contribution < -0.4 is 5.32 Å². The number of imide groups is 1. The molecule has 0 bridgehead atoms. The quantitative estimate of drug-likeness (QED) is 0.708. The Kier molecular flexibility index (Phi) is 3.59. The zero-order chi connectivity index (χ0) is 13.2. The van der Waals surface area contributed by atoms with Crippen molar-refractivity contribution < 1.29 is 32.7 Å². The van der Waals surface area contributed by atoms with Crippen molar-refractivity contribution in [1.82, 2.24) is 10.2 Å². The van der Waals surface area contributed by atoms with Crippen LogP contribution in [-0.4, -0.2) is 46.7 Å². The Morgan fingerprint density at radius 1 is 1.41 bits per heavy atom. The summed E-state index contributed by atoms with van der Waals surface area (Å²) in [4.78, 5) is 32.7. The van der Waals surface area contributed by atoms with Gasteiger partial charge in [-0.3, -0.25) is 14.5 Å². The van der Waals surface area contributed by atoms with E-state index in [1.54, 1.807) is 0 Å². The zero-order valence-corrected chi connectivity index (χ0v) is 8.45. The lowest BCUT2D eigenvalue weighted by Gasteiger charge is -2.14. The zero-order valence-electron chi connectivity index (χ0n) is 8.45. The molecule has 1 atom stereocenters. The molecule has 1 aliphatic rings. The van der Waals surface area contributed by atoms with E-state index in [0.29, 0.717) is 0 Å². The number of amides is 3. The molecular weight excluding hydrogens is 245 g/mol. The van der Waals surface area contributed by atoms with Gasteiger partial charge in [0.1, 0.15) is 12.6 Å². The molecule has 17 heavy (non-hydrogen) atoms. The molecule has 0 spiro atoms. The summed E-state index contributed by atoms with van der Waals surface area (Å²) in [6, 6.07) is -2.34. The van der Waals surface area contributed by atoms with Gasteiger partial charge in [0.2, 0.25) is 0 Å². The molecule has 9 heteroatoms. The van der Waals surface area contributed by atoms with Crippen LogP contribution in [0.15, 0.2) is 0 Å². The molecule has 0 radical (unpaired) electrons. The molecule has 3 amide bonds. The van der Waals surface area contributed by atoms with Crippen molar-refractivity contribution in [2.75, 3.05) is 6.54 Å². The Morgan fingerprint density at radius 2 is 2.00 bits per heavy atom. The lowest BCUT2D eigenvalue weighted by Crippen LogP contribution is -2.39. The van der Waals surface area contributed by atoms with Gasteiger partial charge in [-0.1, -0.05) is 0 Å². The van der Waals surface area contributed by atoms with Gasteiger partial charge in [0.25, 0.3) is 5.91 Å². The molecule has 0 saturated carbocycles. The van der Waals surface area contributed by atoms with Crippen LogP contribution in [0.3, 0.4) is 0 Å². The first-order chi connectivity index (χ1) is 7.70. The first-order valence-electron chi connectivity index (χ1n) is 4.61. The number of carbonyl (C=O) groups is 3. The monoisotopic (exact) mass is 254 g/mol. The maximum Gasteiger partial charge on any atom is 0.406 e. The van der Waals surface area contributed by atoms with Crippen molar-refractivity contribution in [3.05, 3.63) is 0 Å². The van der Waals surface area contributed by atoms with E-state index in [9.17, 15) is 27.6 Å². The van der Waals surface area contributed by atoms with Gasteiger partial charge in [-0.25, -0.2) is 4.79 Å². The van der Waals surface area contributed by atoms with Crippen LogP contribution in [0.1, 0.15) is 12.8 Å². The van der Waals surface area contributed by atoms with Crippen molar-refractivity contribution in [3.8, 4) is 0 Å². The number of urea groups is 1. The summed E-state index contributed by atoms with van der Waals surface area (Å²) in [5.41, 5.74) is 0. The van der Waals surface area contributed by atoms with E-state index < -0.39 is 43.1 Å². The molecule has 1 saturated heterocycles. The summed E-state index contributed by atoms with van der Waals surface area (Å²) in [5.74, 6) is -2.24. The van der Waals surface area contributed by atoms with Crippen LogP contribution in [0, 0.1) is 0 Å². The third kappa shape index (κ3) is 3.61. The normalized spacial score (nSPS) is 20.6. The molecule has 1 aliphatic heterocycles. The predicted octanol–water partition coefficient (Wildman–Crippen LogP) is 0.334. The molecule has 0 aliphatic carbocycles. The summed E-state index contributed by atoms with van der Waals surface area (Å²) < 4.78 is 36.1. The number of carboxylic acids is 1. The average molecular weight is 254 g/mol. The topological polar surface area (TPSA) is 86.7 Å². The number of rotatable bonds is 4. The minimum atomic E-state index is -4.67. The molecule has 96 valence electrons. The number of carbonyl (C=O) groups excluding carboxylic acids is 2. The average Bonchev–Trinajstić information content (AvgIpc) is 2.40. The number of nitrogens with one attached hydrogen (secondary N) is 1. The standard InChI is InChI=1S/C8H9F3N2O4/c9-8(10,11)3-13-6(16)4(12-7(13)17)1-2-5(14)15/h4H,1-3H2,(H,12,17)(H,14,15). The molecule has 1 rings (SSSR count). The fraction of sp³-hybridized carbons (Fsp3) is 0.625. The molecular formula is C8H9F3N2O4. The second-order valence-corrected chi connectivity index (χ2v) is 3.47. The van der Waals surface area contributed by atoms with E-state index in [1.165, 1.54) is 0 Å². The van der Waals surface area contributed by atoms with Gasteiger partial charge >= 0.3 is 18.2 Å². The maximum absolute atomic E-state index is 12.0. The van der Waals surface area contributed by atoms with E-state index in [-0.39, 0.29) is 11.3 Å². The SMILES string of the molecule is O=C(O)CCC1NC(=O)N(CC(F)(F)F)C1=O. The first kappa shape index (κ1) is 13.3. The Morgan fingerprint density at radius 3 is 2.47 bits per heavy atom. The summed E-state index contributed by atoms with van der Waals surface area (Å²) in [6.07, 6.45) is -5.31. The molecule has 0 aromatic rings. The number of halogens is 3. The Bertz CT molecular complexity index is 355. The second kappa shape index (κ2) is 4.60. The van der Waals surface area contributed by atoms with Gasteiger partial charge < -0.3 is 10.4 Å². The highest BCUT2D eigenvalue weighted by Crippen LogP contribution is 2.20. The van der Waals surface area contributed by atoms with E-state index >= 15 is 0 Å². The second-order valence-electron chi connectivity index (χ2n) is 3.47. The van der Waals surface area contributed by atoms with Gasteiger partial charge in [0, 0.05) is 6.42 Å². The van der Waals surface area contributed by atoms with E-state index in [0.717, 1.165) is 0 Å². The van der Waals surface area contributed by atoms with Gasteiger partial charge in [0.15, 0.2) is 0 Å². The first-order valence-corrected chi connectivity index (χ1v) is 4.61. The van der Waals surface area contributed by atoms with Gasteiger partial charge in [-0.15, -0.1) is 0 Å². The maximum atomic E-state index is 12.0. The molecule has 0 aromatic carbocycles. The number of carboxylic acid groups (broad SMARTS) is 1. The summed E-state index contributed by atoms with van der Waals surface area (Å²) in [6.45, 7) is -1.67.